The molecule has 2 saturated heterocycles. The van der Waals surface area contributed by atoms with Gasteiger partial charge in [-0.05, 0) is 24.3 Å². The van der Waals surface area contributed by atoms with Crippen molar-refractivity contribution in [2.45, 2.75) is 33.1 Å². The predicted molar refractivity (Wildman–Crippen MR) is 117 cm³/mol. The van der Waals surface area contributed by atoms with Crippen LogP contribution in [0.2, 0.25) is 0 Å². The number of carbonyl (C=O) groups excluding carboxylic acids is 2. The summed E-state index contributed by atoms with van der Waals surface area (Å²) >= 11 is 0. The van der Waals surface area contributed by atoms with Crippen LogP contribution in [-0.2, 0) is 9.59 Å². The summed E-state index contributed by atoms with van der Waals surface area (Å²) in [7, 11) is 0. The van der Waals surface area contributed by atoms with Gasteiger partial charge in [-0.25, -0.2) is 0 Å². The van der Waals surface area contributed by atoms with E-state index in [1.807, 2.05) is 15.9 Å². The molecular formula is C24H35N3O2. The molecule has 5 heteroatoms. The maximum Gasteiger partial charge on any atom is 0.225 e. The van der Waals surface area contributed by atoms with E-state index in [-0.39, 0.29) is 11.8 Å². The molecule has 2 aliphatic heterocycles. The van der Waals surface area contributed by atoms with E-state index in [1.165, 1.54) is 5.56 Å². The minimum atomic E-state index is 0.0858. The van der Waals surface area contributed by atoms with Crippen LogP contribution < -0.4 is 0 Å². The van der Waals surface area contributed by atoms with Crippen LogP contribution in [0.3, 0.4) is 0 Å². The molecule has 2 amide bonds. The van der Waals surface area contributed by atoms with Crippen LogP contribution in [-0.4, -0.2) is 72.3 Å². The third-order valence-corrected chi connectivity index (χ3v) is 5.94. The summed E-state index contributed by atoms with van der Waals surface area (Å²) in [5.41, 5.74) is 1.22. The van der Waals surface area contributed by atoms with E-state index in [0.29, 0.717) is 18.2 Å². The minimum absolute atomic E-state index is 0.0858. The van der Waals surface area contributed by atoms with E-state index < -0.39 is 0 Å². The quantitative estimate of drug-likeness (QED) is 0.741. The number of piperazine rings is 1. The van der Waals surface area contributed by atoms with Crippen LogP contribution in [0.5, 0.6) is 0 Å². The van der Waals surface area contributed by atoms with Gasteiger partial charge in [0.1, 0.15) is 0 Å². The predicted octanol–water partition coefficient (Wildman–Crippen LogP) is 3.13. The molecule has 2 fully saturated rings. The van der Waals surface area contributed by atoms with Crippen LogP contribution in [0.1, 0.15) is 38.7 Å². The molecule has 0 unspecified atom stereocenters. The third kappa shape index (κ3) is 6.43. The van der Waals surface area contributed by atoms with Crippen molar-refractivity contribution in [2.24, 2.45) is 11.8 Å². The highest BCUT2D eigenvalue weighted by atomic mass is 16.2. The highest BCUT2D eigenvalue weighted by Gasteiger charge is 2.31. The second kappa shape index (κ2) is 10.6. The van der Waals surface area contributed by atoms with Gasteiger partial charge in [-0.1, -0.05) is 56.3 Å². The first-order valence-electron chi connectivity index (χ1n) is 11.0. The first kappa shape index (κ1) is 21.6. The van der Waals surface area contributed by atoms with Crippen molar-refractivity contribution in [3.8, 4) is 0 Å². The summed E-state index contributed by atoms with van der Waals surface area (Å²) in [5.74, 6) is 1.01. The summed E-state index contributed by atoms with van der Waals surface area (Å²) in [6.45, 7) is 10.0. The molecule has 0 aromatic heterocycles. The zero-order valence-corrected chi connectivity index (χ0v) is 17.9. The van der Waals surface area contributed by atoms with Gasteiger partial charge in [0.2, 0.25) is 11.8 Å². The highest BCUT2D eigenvalue weighted by molar-refractivity contribution is 5.80. The molecule has 29 heavy (non-hydrogen) atoms. The van der Waals surface area contributed by atoms with E-state index in [2.05, 4.69) is 55.2 Å². The van der Waals surface area contributed by atoms with E-state index in [1.54, 1.807) is 0 Å². The van der Waals surface area contributed by atoms with Crippen LogP contribution >= 0.6 is 0 Å². The molecular weight excluding hydrogens is 362 g/mol. The Morgan fingerprint density at radius 2 is 1.62 bits per heavy atom. The fraction of sp³-hybridized carbons (Fsp3) is 0.583. The number of hydrogen-bond acceptors (Lipinski definition) is 3. The van der Waals surface area contributed by atoms with E-state index in [0.717, 1.165) is 58.7 Å². The van der Waals surface area contributed by atoms with Crippen LogP contribution in [0.4, 0.5) is 0 Å². The molecule has 0 N–H and O–H groups in total. The van der Waals surface area contributed by atoms with Crippen molar-refractivity contribution in [2.75, 3.05) is 45.8 Å². The Balaban J connectivity index is 1.38. The average Bonchev–Trinajstić information content (AvgIpc) is 2.74. The second-order valence-electron chi connectivity index (χ2n) is 8.69. The van der Waals surface area contributed by atoms with Gasteiger partial charge in [0.05, 0.1) is 0 Å². The number of piperidine rings is 1. The lowest BCUT2D eigenvalue weighted by atomic mass is 9.94. The molecule has 1 aromatic carbocycles. The van der Waals surface area contributed by atoms with Gasteiger partial charge < -0.3 is 9.80 Å². The Kier molecular flexibility index (Phi) is 7.87. The number of amides is 2. The molecule has 5 nitrogen and oxygen atoms in total. The molecule has 1 aromatic rings. The maximum atomic E-state index is 12.9. The van der Waals surface area contributed by atoms with Crippen LogP contribution in [0.25, 0.3) is 6.08 Å². The Hall–Kier alpha value is -2.14. The standard InChI is InChI=1S/C24H35N3O2/c1-20(2)19-23(28)26-13-10-22(11-14-26)24(29)27-17-15-25(16-18-27)12-6-9-21-7-4-3-5-8-21/h3-9,20,22H,10-19H2,1-2H3/b9-6+. The van der Waals surface area contributed by atoms with Crippen molar-refractivity contribution in [1.29, 1.82) is 0 Å². The molecule has 0 bridgehead atoms. The molecule has 0 atom stereocenters. The molecule has 2 aliphatic rings. The Morgan fingerprint density at radius 3 is 2.24 bits per heavy atom. The van der Waals surface area contributed by atoms with Gasteiger partial charge in [-0.3, -0.25) is 14.5 Å². The van der Waals surface area contributed by atoms with Crippen molar-refractivity contribution in [1.82, 2.24) is 14.7 Å². The maximum absolute atomic E-state index is 12.9. The molecule has 158 valence electrons. The lowest BCUT2D eigenvalue weighted by Crippen LogP contribution is -2.51. The normalized spacial score (nSPS) is 19.3. The monoisotopic (exact) mass is 397 g/mol. The Labute approximate surface area is 175 Å². The van der Waals surface area contributed by atoms with Gasteiger partial charge in [-0.15, -0.1) is 0 Å². The number of hydrogen-bond donors (Lipinski definition) is 0. The van der Waals surface area contributed by atoms with Gasteiger partial charge in [0, 0.05) is 58.2 Å². The van der Waals surface area contributed by atoms with Gasteiger partial charge in [0.25, 0.3) is 0 Å². The molecule has 0 aliphatic carbocycles. The van der Waals surface area contributed by atoms with E-state index in [4.69, 9.17) is 0 Å². The van der Waals surface area contributed by atoms with Gasteiger partial charge >= 0.3 is 0 Å². The number of rotatable bonds is 6. The second-order valence-corrected chi connectivity index (χ2v) is 8.69. The Bertz CT molecular complexity index is 685. The molecule has 0 spiro atoms. The first-order valence-corrected chi connectivity index (χ1v) is 11.0. The van der Waals surface area contributed by atoms with E-state index >= 15 is 0 Å². The largest absolute Gasteiger partial charge is 0.343 e. The fourth-order valence-electron chi connectivity index (χ4n) is 4.17. The molecule has 2 heterocycles. The summed E-state index contributed by atoms with van der Waals surface area (Å²) in [4.78, 5) is 31.5. The highest BCUT2D eigenvalue weighted by Crippen LogP contribution is 2.21. The van der Waals surface area contributed by atoms with Gasteiger partial charge in [-0.2, -0.15) is 0 Å². The number of likely N-dealkylation sites (tertiary alicyclic amines) is 1. The molecule has 3 rings (SSSR count). The zero-order valence-electron chi connectivity index (χ0n) is 17.9. The molecule has 0 saturated carbocycles. The van der Waals surface area contributed by atoms with Crippen molar-refractivity contribution in [3.63, 3.8) is 0 Å². The summed E-state index contributed by atoms with van der Waals surface area (Å²) in [5, 5.41) is 0. The van der Waals surface area contributed by atoms with Gasteiger partial charge in [0.15, 0.2) is 0 Å². The number of nitrogens with zero attached hydrogens (tertiary/aromatic N) is 3. The van der Waals surface area contributed by atoms with E-state index in [9.17, 15) is 9.59 Å². The topological polar surface area (TPSA) is 43.9 Å². The minimum Gasteiger partial charge on any atom is -0.343 e. The summed E-state index contributed by atoms with van der Waals surface area (Å²) in [6, 6.07) is 10.3. The summed E-state index contributed by atoms with van der Waals surface area (Å²) < 4.78 is 0. The van der Waals surface area contributed by atoms with Crippen molar-refractivity contribution < 1.29 is 9.59 Å². The Morgan fingerprint density at radius 1 is 0.966 bits per heavy atom. The lowest BCUT2D eigenvalue weighted by Gasteiger charge is -2.38. The number of benzene rings is 1. The lowest BCUT2D eigenvalue weighted by molar-refractivity contribution is -0.142. The third-order valence-electron chi connectivity index (χ3n) is 5.94. The number of carbonyl (C=O) groups is 2. The molecule has 0 radical (unpaired) electrons. The van der Waals surface area contributed by atoms with Crippen LogP contribution in [0, 0.1) is 11.8 Å². The smallest absolute Gasteiger partial charge is 0.225 e. The summed E-state index contributed by atoms with van der Waals surface area (Å²) in [6.07, 6.45) is 6.59. The first-order chi connectivity index (χ1) is 14.0. The van der Waals surface area contributed by atoms with Crippen molar-refractivity contribution in [3.05, 3.63) is 42.0 Å². The van der Waals surface area contributed by atoms with Crippen molar-refractivity contribution >= 4 is 17.9 Å². The fourth-order valence-corrected chi connectivity index (χ4v) is 4.17. The zero-order chi connectivity index (χ0) is 20.6. The average molecular weight is 398 g/mol. The van der Waals surface area contributed by atoms with Crippen LogP contribution in [0.15, 0.2) is 36.4 Å². The SMILES string of the molecule is CC(C)CC(=O)N1CCC(C(=O)N2CCN(C/C=C/c3ccccc3)CC2)CC1.